The summed E-state index contributed by atoms with van der Waals surface area (Å²) < 4.78 is 23.3. The minimum atomic E-state index is -0.262. The predicted octanol–water partition coefficient (Wildman–Crippen LogP) is 3.02. The van der Waals surface area contributed by atoms with Gasteiger partial charge in [0, 0.05) is 19.3 Å². The number of hydrogen-bond acceptors (Lipinski definition) is 2. The molecule has 0 aliphatic carbocycles. The third kappa shape index (κ3) is 5.37. The third-order valence-electron chi connectivity index (χ3n) is 1.95. The number of unbranched alkanes of at least 4 members (excludes halogenated alkanes) is 1. The van der Waals surface area contributed by atoms with Crippen molar-refractivity contribution in [2.24, 2.45) is 0 Å². The molecule has 1 rings (SSSR count). The molecule has 1 aromatic rings. The standard InChI is InChI=1S/C12H17FO2/c1-2-14-8-3-4-9-15-12-7-5-6-11(13)10-12/h5-7,10H,2-4,8-9H2,1H3. The molecule has 2 nitrogen and oxygen atoms in total. The number of benzene rings is 1. The molecule has 15 heavy (non-hydrogen) atoms. The monoisotopic (exact) mass is 212 g/mol. The van der Waals surface area contributed by atoms with E-state index < -0.39 is 0 Å². The van der Waals surface area contributed by atoms with Crippen LogP contribution in [0.2, 0.25) is 0 Å². The Morgan fingerprint density at radius 1 is 1.20 bits per heavy atom. The van der Waals surface area contributed by atoms with Gasteiger partial charge in [0.05, 0.1) is 6.61 Å². The van der Waals surface area contributed by atoms with Crippen molar-refractivity contribution in [1.29, 1.82) is 0 Å². The first-order valence-corrected chi connectivity index (χ1v) is 5.29. The van der Waals surface area contributed by atoms with E-state index in [4.69, 9.17) is 9.47 Å². The zero-order valence-electron chi connectivity index (χ0n) is 9.04. The number of ether oxygens (including phenoxy) is 2. The lowest BCUT2D eigenvalue weighted by molar-refractivity contribution is 0.138. The summed E-state index contributed by atoms with van der Waals surface area (Å²) in [4.78, 5) is 0. The van der Waals surface area contributed by atoms with Crippen LogP contribution in [0.1, 0.15) is 19.8 Å². The SMILES string of the molecule is CCOCCCCOc1cccc(F)c1. The highest BCUT2D eigenvalue weighted by Gasteiger charge is 1.95. The van der Waals surface area contributed by atoms with Crippen molar-refractivity contribution < 1.29 is 13.9 Å². The van der Waals surface area contributed by atoms with Gasteiger partial charge in [0.1, 0.15) is 11.6 Å². The van der Waals surface area contributed by atoms with Gasteiger partial charge in [-0.15, -0.1) is 0 Å². The van der Waals surface area contributed by atoms with Crippen LogP contribution in [0.4, 0.5) is 4.39 Å². The molecule has 3 heteroatoms. The lowest BCUT2D eigenvalue weighted by atomic mass is 10.3. The Bertz CT molecular complexity index is 276. The van der Waals surface area contributed by atoms with Gasteiger partial charge in [-0.2, -0.15) is 0 Å². The van der Waals surface area contributed by atoms with Crippen LogP contribution in [0.15, 0.2) is 24.3 Å². The number of rotatable bonds is 7. The molecule has 0 aliphatic rings. The molecule has 0 fully saturated rings. The second kappa shape index (κ2) is 7.23. The van der Waals surface area contributed by atoms with Gasteiger partial charge in [-0.1, -0.05) is 6.07 Å². The Hall–Kier alpha value is -1.09. The second-order valence-corrected chi connectivity index (χ2v) is 3.21. The average Bonchev–Trinajstić information content (AvgIpc) is 2.23. The van der Waals surface area contributed by atoms with Crippen molar-refractivity contribution in [3.05, 3.63) is 30.1 Å². The lowest BCUT2D eigenvalue weighted by Gasteiger charge is -2.05. The van der Waals surface area contributed by atoms with Crippen molar-refractivity contribution in [2.75, 3.05) is 19.8 Å². The highest BCUT2D eigenvalue weighted by atomic mass is 19.1. The Morgan fingerprint density at radius 3 is 2.73 bits per heavy atom. The molecule has 0 amide bonds. The summed E-state index contributed by atoms with van der Waals surface area (Å²) >= 11 is 0. The van der Waals surface area contributed by atoms with Crippen LogP contribution in [-0.4, -0.2) is 19.8 Å². The largest absolute Gasteiger partial charge is 0.493 e. The van der Waals surface area contributed by atoms with Crippen LogP contribution in [0.5, 0.6) is 5.75 Å². The van der Waals surface area contributed by atoms with Crippen LogP contribution < -0.4 is 4.74 Å². The maximum Gasteiger partial charge on any atom is 0.126 e. The molecule has 0 saturated heterocycles. The van der Waals surface area contributed by atoms with Crippen molar-refractivity contribution in [1.82, 2.24) is 0 Å². The molecule has 0 heterocycles. The second-order valence-electron chi connectivity index (χ2n) is 3.21. The normalized spacial score (nSPS) is 10.3. The fourth-order valence-corrected chi connectivity index (χ4v) is 1.20. The summed E-state index contributed by atoms with van der Waals surface area (Å²) in [6.45, 7) is 4.10. The highest BCUT2D eigenvalue weighted by Crippen LogP contribution is 2.12. The van der Waals surface area contributed by atoms with Crippen molar-refractivity contribution in [3.63, 3.8) is 0 Å². The first kappa shape index (κ1) is 12.0. The van der Waals surface area contributed by atoms with E-state index >= 15 is 0 Å². The zero-order chi connectivity index (χ0) is 10.9. The topological polar surface area (TPSA) is 18.5 Å². The molecule has 0 bridgehead atoms. The molecule has 0 unspecified atom stereocenters. The van der Waals surface area contributed by atoms with Crippen molar-refractivity contribution in [2.45, 2.75) is 19.8 Å². The first-order valence-electron chi connectivity index (χ1n) is 5.29. The van der Waals surface area contributed by atoms with E-state index in [0.717, 1.165) is 26.1 Å². The number of hydrogen-bond donors (Lipinski definition) is 0. The van der Waals surface area contributed by atoms with Gasteiger partial charge < -0.3 is 9.47 Å². The summed E-state index contributed by atoms with van der Waals surface area (Å²) in [7, 11) is 0. The van der Waals surface area contributed by atoms with Gasteiger partial charge in [-0.05, 0) is 31.9 Å². The fourth-order valence-electron chi connectivity index (χ4n) is 1.20. The summed E-state index contributed by atoms with van der Waals surface area (Å²) in [5.41, 5.74) is 0. The molecule has 0 aliphatic heterocycles. The van der Waals surface area contributed by atoms with Gasteiger partial charge in [0.25, 0.3) is 0 Å². The molecular weight excluding hydrogens is 195 g/mol. The Labute approximate surface area is 90.0 Å². The van der Waals surface area contributed by atoms with Gasteiger partial charge in [-0.25, -0.2) is 4.39 Å². The van der Waals surface area contributed by atoms with Crippen LogP contribution in [0.25, 0.3) is 0 Å². The number of halogens is 1. The maximum absolute atomic E-state index is 12.7. The van der Waals surface area contributed by atoms with Gasteiger partial charge in [0.2, 0.25) is 0 Å². The highest BCUT2D eigenvalue weighted by molar-refractivity contribution is 5.22. The fraction of sp³-hybridized carbons (Fsp3) is 0.500. The Kier molecular flexibility index (Phi) is 5.78. The minimum Gasteiger partial charge on any atom is -0.493 e. The van der Waals surface area contributed by atoms with E-state index in [9.17, 15) is 4.39 Å². The van der Waals surface area contributed by atoms with Gasteiger partial charge in [-0.3, -0.25) is 0 Å². The van der Waals surface area contributed by atoms with E-state index in [0.29, 0.717) is 12.4 Å². The van der Waals surface area contributed by atoms with E-state index in [1.54, 1.807) is 12.1 Å². The molecule has 0 radical (unpaired) electrons. The van der Waals surface area contributed by atoms with Gasteiger partial charge in [0.15, 0.2) is 0 Å². The summed E-state index contributed by atoms with van der Waals surface area (Å²) in [5.74, 6) is 0.327. The van der Waals surface area contributed by atoms with E-state index in [-0.39, 0.29) is 5.82 Å². The Morgan fingerprint density at radius 2 is 2.00 bits per heavy atom. The summed E-state index contributed by atoms with van der Waals surface area (Å²) in [6, 6.07) is 6.20. The van der Waals surface area contributed by atoms with E-state index in [1.165, 1.54) is 12.1 Å². The molecule has 0 saturated carbocycles. The van der Waals surface area contributed by atoms with E-state index in [1.807, 2.05) is 6.92 Å². The quantitative estimate of drug-likeness (QED) is 0.647. The lowest BCUT2D eigenvalue weighted by Crippen LogP contribution is -2.00. The zero-order valence-corrected chi connectivity index (χ0v) is 9.04. The summed E-state index contributed by atoms with van der Waals surface area (Å²) in [5, 5.41) is 0. The maximum atomic E-state index is 12.7. The Balaban J connectivity index is 2.10. The van der Waals surface area contributed by atoms with Crippen molar-refractivity contribution >= 4 is 0 Å². The predicted molar refractivity (Wildman–Crippen MR) is 57.6 cm³/mol. The first-order chi connectivity index (χ1) is 7.33. The molecule has 0 aromatic heterocycles. The average molecular weight is 212 g/mol. The van der Waals surface area contributed by atoms with Crippen LogP contribution in [-0.2, 0) is 4.74 Å². The third-order valence-corrected chi connectivity index (χ3v) is 1.95. The molecule has 84 valence electrons. The minimum absolute atomic E-state index is 0.262. The van der Waals surface area contributed by atoms with Crippen LogP contribution >= 0.6 is 0 Å². The van der Waals surface area contributed by atoms with Crippen molar-refractivity contribution in [3.8, 4) is 5.75 Å². The van der Waals surface area contributed by atoms with Crippen LogP contribution in [0, 0.1) is 5.82 Å². The molecule has 0 spiro atoms. The molecule has 1 aromatic carbocycles. The van der Waals surface area contributed by atoms with Crippen LogP contribution in [0.3, 0.4) is 0 Å². The molecule has 0 atom stereocenters. The summed E-state index contributed by atoms with van der Waals surface area (Å²) in [6.07, 6.45) is 1.90. The van der Waals surface area contributed by atoms with E-state index in [2.05, 4.69) is 0 Å². The molecular formula is C12H17FO2. The smallest absolute Gasteiger partial charge is 0.126 e. The molecule has 0 N–H and O–H groups in total. The van der Waals surface area contributed by atoms with Gasteiger partial charge >= 0.3 is 0 Å².